The molecular weight excluding hydrogens is 341 g/mol. The molecule has 5 nitrogen and oxygen atoms in total. The Hall–Kier alpha value is -1.78. The number of hydrogen-bond acceptors (Lipinski definition) is 5. The summed E-state index contributed by atoms with van der Waals surface area (Å²) in [7, 11) is 1.76. The third kappa shape index (κ3) is 5.69. The van der Waals surface area contributed by atoms with E-state index < -0.39 is 47.2 Å². The zero-order valence-corrected chi connectivity index (χ0v) is 12.8. The van der Waals surface area contributed by atoms with Gasteiger partial charge in [-0.05, 0) is 7.05 Å². The van der Waals surface area contributed by atoms with E-state index in [0.29, 0.717) is 13.2 Å². The van der Waals surface area contributed by atoms with Crippen LogP contribution in [0.15, 0.2) is 0 Å². The number of esters is 1. The number of ether oxygens (including phenoxy) is 3. The molecule has 0 aliphatic rings. The Labute approximate surface area is 134 Å². The number of rotatable bonds is 10. The van der Waals surface area contributed by atoms with E-state index in [2.05, 4.69) is 10.1 Å². The summed E-state index contributed by atoms with van der Waals surface area (Å²) in [6.45, 7) is 1.41. The zero-order chi connectivity index (χ0) is 18.1. The Morgan fingerprint density at radius 2 is 1.33 bits per heavy atom. The van der Waals surface area contributed by atoms with Crippen LogP contribution < -0.4 is 10.1 Å². The number of carbonyl (C=O) groups is 1. The summed E-state index contributed by atoms with van der Waals surface area (Å²) in [6, 6.07) is 0. The predicted octanol–water partition coefficient (Wildman–Crippen LogP) is 1.93. The average molecular weight is 357 g/mol. The smallest absolute Gasteiger partial charge is 0.313 e. The Morgan fingerprint density at radius 3 is 1.88 bits per heavy atom. The van der Waals surface area contributed by atoms with E-state index in [-0.39, 0.29) is 19.8 Å². The van der Waals surface area contributed by atoms with Crippen molar-refractivity contribution in [2.75, 3.05) is 40.0 Å². The molecule has 136 valence electrons. The maximum absolute atomic E-state index is 13.3. The average Bonchev–Trinajstić information content (AvgIpc) is 2.57. The molecule has 0 aliphatic heterocycles. The Bertz CT molecular complexity index is 542. The number of hydrogen-bond donors (Lipinski definition) is 1. The minimum absolute atomic E-state index is 0.163. The van der Waals surface area contributed by atoms with Crippen LogP contribution in [0, 0.1) is 29.1 Å². The molecular formula is C14H16F5NO4. The van der Waals surface area contributed by atoms with Crippen LogP contribution in [0.3, 0.4) is 0 Å². The summed E-state index contributed by atoms with van der Waals surface area (Å²) < 4.78 is 79.6. The van der Waals surface area contributed by atoms with Crippen molar-refractivity contribution in [3.05, 3.63) is 29.1 Å². The van der Waals surface area contributed by atoms with Gasteiger partial charge in [0.25, 0.3) is 0 Å². The lowest BCUT2D eigenvalue weighted by Gasteiger charge is -2.09. The lowest BCUT2D eigenvalue weighted by Crippen LogP contribution is -2.17. The van der Waals surface area contributed by atoms with E-state index in [1.807, 2.05) is 0 Å². The predicted molar refractivity (Wildman–Crippen MR) is 72.0 cm³/mol. The molecule has 0 saturated heterocycles. The fraction of sp³-hybridized carbons (Fsp3) is 0.500. The van der Waals surface area contributed by atoms with E-state index >= 15 is 0 Å². The summed E-state index contributed by atoms with van der Waals surface area (Å²) in [6.07, 6.45) is -0.435. The molecule has 24 heavy (non-hydrogen) atoms. The van der Waals surface area contributed by atoms with Gasteiger partial charge < -0.3 is 19.5 Å². The molecule has 0 aliphatic carbocycles. The van der Waals surface area contributed by atoms with Gasteiger partial charge in [0.2, 0.25) is 34.8 Å². The molecule has 0 saturated carbocycles. The van der Waals surface area contributed by atoms with Gasteiger partial charge in [0.15, 0.2) is 0 Å². The minimum Gasteiger partial charge on any atom is -0.420 e. The van der Waals surface area contributed by atoms with Gasteiger partial charge in [-0.3, -0.25) is 4.79 Å². The highest BCUT2D eigenvalue weighted by molar-refractivity contribution is 5.72. The van der Waals surface area contributed by atoms with Crippen molar-refractivity contribution in [3.8, 4) is 5.75 Å². The summed E-state index contributed by atoms with van der Waals surface area (Å²) >= 11 is 0. The van der Waals surface area contributed by atoms with Crippen molar-refractivity contribution in [2.45, 2.75) is 6.42 Å². The lowest BCUT2D eigenvalue weighted by atomic mass is 10.2. The highest BCUT2D eigenvalue weighted by Crippen LogP contribution is 2.29. The first-order valence-electron chi connectivity index (χ1n) is 6.92. The highest BCUT2D eigenvalue weighted by Gasteiger charge is 2.28. The van der Waals surface area contributed by atoms with E-state index in [9.17, 15) is 26.7 Å². The van der Waals surface area contributed by atoms with Gasteiger partial charge in [0.05, 0.1) is 32.8 Å². The first-order valence-corrected chi connectivity index (χ1v) is 6.92. The molecule has 0 radical (unpaired) electrons. The number of benzene rings is 1. The number of carbonyl (C=O) groups excluding carboxylic acids is 1. The molecule has 1 aromatic carbocycles. The first-order chi connectivity index (χ1) is 11.4. The SMILES string of the molecule is CNCCOCCOCCC(=O)Oc1c(F)c(F)c(F)c(F)c1F. The second kappa shape index (κ2) is 10.2. The van der Waals surface area contributed by atoms with Crippen molar-refractivity contribution in [3.63, 3.8) is 0 Å². The van der Waals surface area contributed by atoms with Crippen LogP contribution in [0.4, 0.5) is 22.0 Å². The summed E-state index contributed by atoms with van der Waals surface area (Å²) in [4.78, 5) is 11.4. The van der Waals surface area contributed by atoms with Crippen LogP contribution in [0.25, 0.3) is 0 Å². The Kier molecular flexibility index (Phi) is 8.58. The topological polar surface area (TPSA) is 56.8 Å². The van der Waals surface area contributed by atoms with Crippen molar-refractivity contribution in [1.82, 2.24) is 5.32 Å². The third-order valence-electron chi connectivity index (χ3n) is 2.70. The number of likely N-dealkylation sites (N-methyl/N-ethyl adjacent to an activating group) is 1. The molecule has 0 aromatic heterocycles. The number of nitrogens with one attached hydrogen (secondary N) is 1. The van der Waals surface area contributed by atoms with E-state index in [0.717, 1.165) is 0 Å². The molecule has 10 heteroatoms. The lowest BCUT2D eigenvalue weighted by molar-refractivity contribution is -0.136. The summed E-state index contributed by atoms with van der Waals surface area (Å²) in [5.41, 5.74) is 0. The minimum atomic E-state index is -2.33. The molecule has 1 N–H and O–H groups in total. The second-order valence-corrected chi connectivity index (χ2v) is 4.45. The van der Waals surface area contributed by atoms with Crippen LogP contribution in [0.1, 0.15) is 6.42 Å². The fourth-order valence-electron chi connectivity index (χ4n) is 1.49. The van der Waals surface area contributed by atoms with Gasteiger partial charge in [-0.2, -0.15) is 8.78 Å². The molecule has 1 aromatic rings. The van der Waals surface area contributed by atoms with E-state index in [1.54, 1.807) is 7.05 Å². The van der Waals surface area contributed by atoms with Gasteiger partial charge in [-0.25, -0.2) is 13.2 Å². The van der Waals surface area contributed by atoms with Crippen LogP contribution in [-0.2, 0) is 14.3 Å². The molecule has 0 heterocycles. The first kappa shape index (κ1) is 20.3. The third-order valence-corrected chi connectivity index (χ3v) is 2.70. The van der Waals surface area contributed by atoms with E-state index in [1.165, 1.54) is 0 Å². The van der Waals surface area contributed by atoms with Crippen molar-refractivity contribution < 1.29 is 41.0 Å². The molecule has 1 rings (SSSR count). The molecule has 0 fully saturated rings. The largest absolute Gasteiger partial charge is 0.420 e. The zero-order valence-electron chi connectivity index (χ0n) is 12.8. The Balaban J connectivity index is 2.41. The maximum Gasteiger partial charge on any atom is 0.313 e. The second-order valence-electron chi connectivity index (χ2n) is 4.45. The monoisotopic (exact) mass is 357 g/mol. The van der Waals surface area contributed by atoms with Crippen molar-refractivity contribution in [1.29, 1.82) is 0 Å². The summed E-state index contributed by atoms with van der Waals surface area (Å²) in [5, 5.41) is 2.86. The molecule has 0 spiro atoms. The molecule has 0 bridgehead atoms. The van der Waals surface area contributed by atoms with Gasteiger partial charge in [-0.1, -0.05) is 0 Å². The molecule has 0 atom stereocenters. The van der Waals surface area contributed by atoms with Crippen molar-refractivity contribution in [2.24, 2.45) is 0 Å². The number of halogens is 5. The van der Waals surface area contributed by atoms with Crippen LogP contribution in [-0.4, -0.2) is 46.0 Å². The molecule has 0 amide bonds. The van der Waals surface area contributed by atoms with Gasteiger partial charge >= 0.3 is 5.97 Å². The van der Waals surface area contributed by atoms with Gasteiger partial charge in [-0.15, -0.1) is 0 Å². The standard InChI is InChI=1S/C14H16F5NO4/c1-20-3-5-23-7-6-22-4-2-8(21)24-14-12(18)10(16)9(15)11(17)13(14)19/h20H,2-7H2,1H3. The quantitative estimate of drug-likeness (QED) is 0.173. The summed E-state index contributed by atoms with van der Waals surface area (Å²) in [5.74, 6) is -14.0. The molecule has 0 unspecified atom stereocenters. The van der Waals surface area contributed by atoms with Crippen LogP contribution in [0.2, 0.25) is 0 Å². The highest BCUT2D eigenvalue weighted by atomic mass is 19.2. The maximum atomic E-state index is 13.3. The van der Waals surface area contributed by atoms with Crippen molar-refractivity contribution >= 4 is 5.97 Å². The van der Waals surface area contributed by atoms with Crippen LogP contribution in [0.5, 0.6) is 5.75 Å². The fourth-order valence-corrected chi connectivity index (χ4v) is 1.49. The van der Waals surface area contributed by atoms with Gasteiger partial charge in [0.1, 0.15) is 0 Å². The van der Waals surface area contributed by atoms with E-state index in [4.69, 9.17) is 9.47 Å². The Morgan fingerprint density at radius 1 is 0.833 bits per heavy atom. The normalized spacial score (nSPS) is 10.9. The van der Waals surface area contributed by atoms with Gasteiger partial charge in [0, 0.05) is 6.54 Å². The van der Waals surface area contributed by atoms with Crippen LogP contribution >= 0.6 is 0 Å².